The highest BCUT2D eigenvalue weighted by Crippen LogP contribution is 2.23. The number of rotatable bonds is 15. The van der Waals surface area contributed by atoms with Crippen LogP contribution in [-0.4, -0.2) is 286 Å². The average Bonchev–Trinajstić information content (AvgIpc) is 0.819. The van der Waals surface area contributed by atoms with Gasteiger partial charge in [0.05, 0.1) is 12.5 Å². The number of likely N-dealkylation sites (tertiary alicyclic amines) is 1. The molecular weight excluding hydrogens is 1360 g/mol. The van der Waals surface area contributed by atoms with E-state index < -0.39 is 174 Å². The van der Waals surface area contributed by atoms with Crippen LogP contribution in [0.2, 0.25) is 0 Å². The maximum atomic E-state index is 15.5. The number of aliphatic hydroxyl groups excluding tert-OH is 1. The van der Waals surface area contributed by atoms with Crippen molar-refractivity contribution in [3.63, 3.8) is 0 Å². The SMILES string of the molecule is CC(C)C[C@H]1C(=O)N(C)[C@@H](Cc2ccccc2)C(=O)N[C@@H]([C@@H](C)O)C(=O)N(C)[C@@H](C)C(=O)N[C@@H](C)C(=O)N(C)[C@@H](Cc2ccccc2)C(=O)N[C@@H](C)C(=O)N(C)[C@@H](C(C)C)C(=O)N(C)[C@@H](C)C(=O)N[C@H](C(=O)N(C)[C@@H](Cc2ccccc2)C(=O)N[C@@H](C)C(=O)N2CCCCC2)CC(=O)N(C)[C@H](C)C(=O)N1C. The number of benzene rings is 3. The molecule has 5 rings (SSSR count). The molecule has 2 aliphatic heterocycles. The van der Waals surface area contributed by atoms with Gasteiger partial charge in [0.1, 0.15) is 78.5 Å². The lowest BCUT2D eigenvalue weighted by Crippen LogP contribution is -2.62. The molecule has 6 N–H and O–H groups in total. The molecule has 29 nitrogen and oxygen atoms in total. The number of hydrogen-bond acceptors (Lipinski definition) is 15. The summed E-state index contributed by atoms with van der Waals surface area (Å²) in [4.78, 5) is 217. The minimum absolute atomic E-state index is 0.0235. The second kappa shape index (κ2) is 39.5. The molecule has 0 bridgehead atoms. The lowest BCUT2D eigenvalue weighted by molar-refractivity contribution is -0.153. The predicted octanol–water partition coefficient (Wildman–Crippen LogP) is 1.37. The molecule has 0 spiro atoms. The number of nitrogens with zero attached hydrogens (tertiary/aromatic N) is 9. The molecule has 0 radical (unpaired) electrons. The van der Waals surface area contributed by atoms with E-state index in [9.17, 15) is 53.1 Å². The smallest absolute Gasteiger partial charge is 0.248 e. The largest absolute Gasteiger partial charge is 0.391 e. The summed E-state index contributed by atoms with van der Waals surface area (Å²) in [5, 5.41) is 24.7. The van der Waals surface area contributed by atoms with E-state index in [-0.39, 0.29) is 37.5 Å². The molecule has 2 aliphatic rings. The molecule has 3 aromatic rings. The van der Waals surface area contributed by atoms with Gasteiger partial charge >= 0.3 is 0 Å². The minimum atomic E-state index is -1.83. The van der Waals surface area contributed by atoms with Gasteiger partial charge in [0.25, 0.3) is 0 Å². The van der Waals surface area contributed by atoms with Crippen LogP contribution in [0.4, 0.5) is 0 Å². The number of carbonyl (C=O) groups is 14. The highest BCUT2D eigenvalue weighted by molar-refractivity contribution is 6.01. The van der Waals surface area contributed by atoms with Gasteiger partial charge in [0.15, 0.2) is 0 Å². The Hall–Kier alpha value is -9.80. The Labute approximate surface area is 624 Å². The fraction of sp³-hybridized carbons (Fsp3) is 0.584. The normalized spacial score (nSPS) is 25.3. The molecule has 0 aliphatic carbocycles. The summed E-state index contributed by atoms with van der Waals surface area (Å²) in [6.07, 6.45) is -0.216. The van der Waals surface area contributed by atoms with Crippen LogP contribution in [0.1, 0.15) is 125 Å². The monoisotopic (exact) mass is 1470 g/mol. The summed E-state index contributed by atoms with van der Waals surface area (Å²) >= 11 is 0. The second-order valence-electron chi connectivity index (χ2n) is 29.2. The fourth-order valence-corrected chi connectivity index (χ4v) is 13.2. The number of hydrogen-bond donors (Lipinski definition) is 6. The van der Waals surface area contributed by atoms with Crippen molar-refractivity contribution >= 4 is 82.7 Å². The van der Waals surface area contributed by atoms with E-state index in [0.29, 0.717) is 29.8 Å². The number of likely N-dealkylation sites (N-methyl/N-ethyl adjacent to an activating group) is 8. The summed E-state index contributed by atoms with van der Waals surface area (Å²) in [5.74, 6) is -12.0. The highest BCUT2D eigenvalue weighted by atomic mass is 16.3. The third-order valence-electron chi connectivity index (χ3n) is 20.5. The Morgan fingerprint density at radius 1 is 0.491 bits per heavy atom. The molecule has 3 aromatic carbocycles. The first-order valence-electron chi connectivity index (χ1n) is 36.5. The average molecular weight is 1480 g/mol. The number of nitrogens with one attached hydrogen (secondary N) is 5. The van der Waals surface area contributed by atoms with Crippen LogP contribution < -0.4 is 26.6 Å². The van der Waals surface area contributed by atoms with E-state index in [1.165, 1.54) is 97.9 Å². The van der Waals surface area contributed by atoms with E-state index in [4.69, 9.17) is 0 Å². The molecule has 0 aromatic heterocycles. The zero-order valence-corrected chi connectivity index (χ0v) is 65.2. The van der Waals surface area contributed by atoms with E-state index in [2.05, 4.69) is 26.6 Å². The van der Waals surface area contributed by atoms with Gasteiger partial charge < -0.3 is 75.8 Å². The van der Waals surface area contributed by atoms with Crippen LogP contribution in [0.3, 0.4) is 0 Å². The van der Waals surface area contributed by atoms with Gasteiger partial charge in [-0.2, -0.15) is 0 Å². The lowest BCUT2D eigenvalue weighted by atomic mass is 9.98. The van der Waals surface area contributed by atoms with E-state index in [1.807, 2.05) is 13.8 Å². The molecule has 14 amide bonds. The van der Waals surface area contributed by atoms with Crippen molar-refractivity contribution in [1.29, 1.82) is 0 Å². The molecule has 2 heterocycles. The zero-order chi connectivity index (χ0) is 79.5. The molecule has 14 atom stereocenters. The molecule has 0 saturated carbocycles. The third kappa shape index (κ3) is 22.6. The summed E-state index contributed by atoms with van der Waals surface area (Å²) in [6.45, 7) is 17.6. The predicted molar refractivity (Wildman–Crippen MR) is 398 cm³/mol. The van der Waals surface area contributed by atoms with Gasteiger partial charge in [0, 0.05) is 88.7 Å². The van der Waals surface area contributed by atoms with E-state index in [1.54, 1.807) is 117 Å². The van der Waals surface area contributed by atoms with Crippen LogP contribution in [0.25, 0.3) is 0 Å². The van der Waals surface area contributed by atoms with Crippen molar-refractivity contribution in [3.05, 3.63) is 108 Å². The lowest BCUT2D eigenvalue weighted by Gasteiger charge is -2.38. The number of amides is 14. The quantitative estimate of drug-likeness (QED) is 0.125. The van der Waals surface area contributed by atoms with Gasteiger partial charge in [-0.15, -0.1) is 0 Å². The Morgan fingerprint density at radius 2 is 0.925 bits per heavy atom. The molecule has 582 valence electrons. The number of aliphatic hydroxyl groups is 1. The molecular formula is C77H114N14O15. The minimum Gasteiger partial charge on any atom is -0.391 e. The first kappa shape index (κ1) is 86.8. The van der Waals surface area contributed by atoms with Crippen molar-refractivity contribution in [3.8, 4) is 0 Å². The molecule has 0 unspecified atom stereocenters. The van der Waals surface area contributed by atoms with Crippen LogP contribution in [0.15, 0.2) is 91.0 Å². The van der Waals surface area contributed by atoms with Crippen molar-refractivity contribution < 1.29 is 72.2 Å². The van der Waals surface area contributed by atoms with E-state index >= 15 is 19.2 Å². The molecule has 2 fully saturated rings. The van der Waals surface area contributed by atoms with Crippen molar-refractivity contribution in [2.24, 2.45) is 11.8 Å². The van der Waals surface area contributed by atoms with Crippen molar-refractivity contribution in [1.82, 2.24) is 70.7 Å². The molecule has 106 heavy (non-hydrogen) atoms. The Morgan fingerprint density at radius 3 is 1.41 bits per heavy atom. The van der Waals surface area contributed by atoms with Gasteiger partial charge in [-0.1, -0.05) is 119 Å². The standard InChI is InChI=1S/C77H114N14O15/c1-45(2)40-61-75(104)88(17)60(43-56-36-28-22-29-37-56)69(98)82-63(53(11)92)76(105)84(13)50(8)65(94)78-47(5)70(99)86(15)58(41-54-32-24-20-25-33-54)67(96)79-48(6)71(100)90(19)64(46(3)4)77(106)85(14)51(9)66(95)81-57(44-62(93)83(12)52(10)73(102)89(61)18)74(103)87(16)59(42-55-34-26-21-27-35-55)68(97)80-49(7)72(101)91-38-30-23-31-39-91/h20-22,24-29,32-37,45-53,57-61,63-64,92H,23,30-31,38-44H2,1-19H3,(H,78,94)(H,79,96)(H,80,97)(H,81,95)(H,82,98)/t47-,48-,49-,50-,51-,52+,53+,57-,58-,59-,60-,61-,63-,64-/m0/s1. The first-order chi connectivity index (χ1) is 49.7. The van der Waals surface area contributed by atoms with Crippen LogP contribution >= 0.6 is 0 Å². The van der Waals surface area contributed by atoms with Gasteiger partial charge in [0.2, 0.25) is 82.7 Å². The zero-order valence-electron chi connectivity index (χ0n) is 65.2. The Kier molecular flexibility index (Phi) is 32.4. The van der Waals surface area contributed by atoms with Crippen LogP contribution in [0.5, 0.6) is 0 Å². The Bertz CT molecular complexity index is 3580. The molecule has 2 saturated heterocycles. The summed E-state index contributed by atoms with van der Waals surface area (Å²) in [6, 6.07) is 7.78. The summed E-state index contributed by atoms with van der Waals surface area (Å²) < 4.78 is 0. The van der Waals surface area contributed by atoms with Crippen molar-refractivity contribution in [2.45, 2.75) is 212 Å². The van der Waals surface area contributed by atoms with E-state index in [0.717, 1.165) is 58.5 Å². The highest BCUT2D eigenvalue weighted by Gasteiger charge is 2.44. The van der Waals surface area contributed by atoms with Gasteiger partial charge in [-0.25, -0.2) is 0 Å². The Balaban J connectivity index is 1.65. The maximum Gasteiger partial charge on any atom is 0.248 e. The van der Waals surface area contributed by atoms with Gasteiger partial charge in [-0.05, 0) is 103 Å². The third-order valence-corrected chi connectivity index (χ3v) is 20.5. The summed E-state index contributed by atoms with van der Waals surface area (Å²) in [5.41, 5.74) is 1.81. The topological polar surface area (TPSA) is 349 Å². The number of piperidine rings is 1. The van der Waals surface area contributed by atoms with Crippen molar-refractivity contribution in [2.75, 3.05) is 69.5 Å². The maximum absolute atomic E-state index is 15.5. The van der Waals surface area contributed by atoms with Crippen LogP contribution in [-0.2, 0) is 86.4 Å². The first-order valence-corrected chi connectivity index (χ1v) is 36.5. The second-order valence-corrected chi connectivity index (χ2v) is 29.2. The molecule has 29 heteroatoms. The van der Waals surface area contributed by atoms with Gasteiger partial charge in [-0.3, -0.25) is 67.1 Å². The van der Waals surface area contributed by atoms with Crippen LogP contribution in [0, 0.1) is 11.8 Å². The fourth-order valence-electron chi connectivity index (χ4n) is 13.2. The number of carbonyl (C=O) groups excluding carboxylic acids is 14. The summed E-state index contributed by atoms with van der Waals surface area (Å²) in [7, 11) is 10.6.